The van der Waals surface area contributed by atoms with Gasteiger partial charge >= 0.3 is 0 Å². The molecule has 3 N–H and O–H groups in total. The predicted octanol–water partition coefficient (Wildman–Crippen LogP) is 0.781. The normalized spacial score (nSPS) is 20.0. The fourth-order valence-corrected chi connectivity index (χ4v) is 3.41. The minimum atomic E-state index is 0.123. The average Bonchev–Trinajstić information content (AvgIpc) is 2.88. The van der Waals surface area contributed by atoms with Gasteiger partial charge in [-0.05, 0) is 32.7 Å². The van der Waals surface area contributed by atoms with Gasteiger partial charge in [0.05, 0.1) is 17.1 Å². The van der Waals surface area contributed by atoms with Gasteiger partial charge in [0.15, 0.2) is 0 Å². The zero-order chi connectivity index (χ0) is 14.4. The van der Waals surface area contributed by atoms with E-state index >= 15 is 0 Å². The summed E-state index contributed by atoms with van der Waals surface area (Å²) in [5.74, 6) is 0.284. The molecule has 1 aliphatic heterocycles. The van der Waals surface area contributed by atoms with Gasteiger partial charge in [-0.15, -0.1) is 11.3 Å². The van der Waals surface area contributed by atoms with Crippen molar-refractivity contribution in [1.29, 1.82) is 0 Å². The molecule has 1 amide bonds. The van der Waals surface area contributed by atoms with Gasteiger partial charge in [-0.25, -0.2) is 4.98 Å². The number of piperidine rings is 1. The van der Waals surface area contributed by atoms with E-state index in [-0.39, 0.29) is 11.8 Å². The predicted molar refractivity (Wildman–Crippen MR) is 81.8 cm³/mol. The van der Waals surface area contributed by atoms with Crippen LogP contribution >= 0.6 is 11.3 Å². The molecule has 1 aliphatic rings. The zero-order valence-electron chi connectivity index (χ0n) is 12.1. The Morgan fingerprint density at radius 3 is 3.20 bits per heavy atom. The maximum Gasteiger partial charge on any atom is 0.224 e. The highest BCUT2D eigenvalue weighted by Gasteiger charge is 2.25. The number of hydrogen-bond acceptors (Lipinski definition) is 5. The third-order valence-corrected chi connectivity index (χ3v) is 4.81. The summed E-state index contributed by atoms with van der Waals surface area (Å²) in [4.78, 5) is 20.0. The molecule has 112 valence electrons. The monoisotopic (exact) mass is 296 g/mol. The topological polar surface area (TPSA) is 71.2 Å². The van der Waals surface area contributed by atoms with Crippen molar-refractivity contribution in [3.8, 4) is 0 Å². The Hall–Kier alpha value is -0.980. The Bertz CT molecular complexity index is 435. The first-order valence-electron chi connectivity index (χ1n) is 7.29. The van der Waals surface area contributed by atoms with Gasteiger partial charge in [0.1, 0.15) is 0 Å². The number of aromatic nitrogens is 1. The third kappa shape index (κ3) is 4.26. The number of hydrogen-bond donors (Lipinski definition) is 2. The molecule has 1 fully saturated rings. The summed E-state index contributed by atoms with van der Waals surface area (Å²) in [6.07, 6.45) is 3.13. The summed E-state index contributed by atoms with van der Waals surface area (Å²) in [6.45, 7) is 6.13. The van der Waals surface area contributed by atoms with E-state index in [1.165, 1.54) is 4.88 Å². The first-order valence-corrected chi connectivity index (χ1v) is 8.17. The Balaban J connectivity index is 1.78. The Kier molecular flexibility index (Phi) is 5.94. The van der Waals surface area contributed by atoms with Crippen LogP contribution in [-0.2, 0) is 11.2 Å². The number of carbonyl (C=O) groups excluding carboxylic acids is 1. The van der Waals surface area contributed by atoms with Crippen LogP contribution in [0, 0.1) is 12.8 Å². The van der Waals surface area contributed by atoms with Gasteiger partial charge < -0.3 is 16.0 Å². The molecule has 0 bridgehead atoms. The van der Waals surface area contributed by atoms with Crippen LogP contribution in [0.25, 0.3) is 0 Å². The maximum absolute atomic E-state index is 12.0. The van der Waals surface area contributed by atoms with Gasteiger partial charge in [0, 0.05) is 31.1 Å². The van der Waals surface area contributed by atoms with Crippen molar-refractivity contribution in [2.75, 3.05) is 32.7 Å². The average molecular weight is 296 g/mol. The number of carbonyl (C=O) groups is 1. The Morgan fingerprint density at radius 2 is 2.50 bits per heavy atom. The van der Waals surface area contributed by atoms with E-state index in [4.69, 9.17) is 5.73 Å². The molecule has 0 radical (unpaired) electrons. The van der Waals surface area contributed by atoms with Gasteiger partial charge in [0.25, 0.3) is 0 Å². The number of nitrogens with two attached hydrogens (primary N) is 1. The van der Waals surface area contributed by atoms with E-state index in [9.17, 15) is 4.79 Å². The van der Waals surface area contributed by atoms with Gasteiger partial charge in [0.2, 0.25) is 5.91 Å². The highest BCUT2D eigenvalue weighted by atomic mass is 32.1. The number of likely N-dealkylation sites (tertiary alicyclic amines) is 1. The molecule has 2 heterocycles. The highest BCUT2D eigenvalue weighted by molar-refractivity contribution is 7.09. The van der Waals surface area contributed by atoms with E-state index in [0.717, 1.165) is 44.6 Å². The zero-order valence-corrected chi connectivity index (χ0v) is 12.9. The fourth-order valence-electron chi connectivity index (χ4n) is 2.64. The summed E-state index contributed by atoms with van der Waals surface area (Å²) in [5, 5.41) is 2.90. The lowest BCUT2D eigenvalue weighted by atomic mass is 9.97. The number of nitrogens with zero attached hydrogens (tertiary/aromatic N) is 2. The second kappa shape index (κ2) is 7.71. The molecular weight excluding hydrogens is 272 g/mol. The molecule has 0 aliphatic carbocycles. The lowest BCUT2D eigenvalue weighted by Crippen LogP contribution is -2.44. The molecule has 6 heteroatoms. The van der Waals surface area contributed by atoms with Crippen molar-refractivity contribution < 1.29 is 4.79 Å². The fraction of sp³-hybridized carbons (Fsp3) is 0.714. The van der Waals surface area contributed by atoms with Crippen LogP contribution < -0.4 is 11.1 Å². The quantitative estimate of drug-likeness (QED) is 0.814. The number of nitrogens with one attached hydrogen (secondary N) is 1. The van der Waals surface area contributed by atoms with Crippen LogP contribution in [0.15, 0.2) is 5.51 Å². The standard InChI is InChI=1S/C14H24N4OS/c1-11-13(20-10-17-11)4-8-18-7-2-3-12(9-18)14(19)16-6-5-15/h10,12H,2-9,15H2,1H3,(H,16,19). The largest absolute Gasteiger partial charge is 0.355 e. The van der Waals surface area contributed by atoms with Crippen molar-refractivity contribution in [2.24, 2.45) is 11.7 Å². The van der Waals surface area contributed by atoms with E-state index in [1.54, 1.807) is 11.3 Å². The number of aryl methyl sites for hydroxylation is 1. The molecule has 20 heavy (non-hydrogen) atoms. The summed E-state index contributed by atoms with van der Waals surface area (Å²) in [6, 6.07) is 0. The van der Waals surface area contributed by atoms with Crippen molar-refractivity contribution in [3.05, 3.63) is 16.1 Å². The molecule has 1 aromatic heterocycles. The van der Waals surface area contributed by atoms with Crippen LogP contribution in [0.3, 0.4) is 0 Å². The maximum atomic E-state index is 12.0. The SMILES string of the molecule is Cc1ncsc1CCN1CCCC(C(=O)NCCN)C1. The number of rotatable bonds is 6. The van der Waals surface area contributed by atoms with Gasteiger partial charge in [-0.2, -0.15) is 0 Å². The molecule has 1 saturated heterocycles. The van der Waals surface area contributed by atoms with Gasteiger partial charge in [-0.1, -0.05) is 0 Å². The van der Waals surface area contributed by atoms with Gasteiger partial charge in [-0.3, -0.25) is 4.79 Å². The lowest BCUT2D eigenvalue weighted by Gasteiger charge is -2.31. The van der Waals surface area contributed by atoms with Crippen molar-refractivity contribution in [3.63, 3.8) is 0 Å². The minimum absolute atomic E-state index is 0.123. The van der Waals surface area contributed by atoms with Crippen LogP contribution in [0.4, 0.5) is 0 Å². The summed E-state index contributed by atoms with van der Waals surface area (Å²) in [5.41, 5.74) is 8.47. The molecule has 1 atom stereocenters. The molecule has 0 saturated carbocycles. The molecular formula is C14H24N4OS. The highest BCUT2D eigenvalue weighted by Crippen LogP contribution is 2.18. The number of amides is 1. The Labute approximate surface area is 124 Å². The molecule has 0 spiro atoms. The molecule has 2 rings (SSSR count). The first-order chi connectivity index (χ1) is 9.70. The van der Waals surface area contributed by atoms with Crippen LogP contribution in [0.5, 0.6) is 0 Å². The summed E-state index contributed by atoms with van der Waals surface area (Å²) in [7, 11) is 0. The number of thiazole rings is 1. The molecule has 5 nitrogen and oxygen atoms in total. The summed E-state index contributed by atoms with van der Waals surface area (Å²) < 4.78 is 0. The van der Waals surface area contributed by atoms with E-state index < -0.39 is 0 Å². The first kappa shape index (κ1) is 15.4. The minimum Gasteiger partial charge on any atom is -0.355 e. The van der Waals surface area contributed by atoms with E-state index in [1.807, 2.05) is 5.51 Å². The van der Waals surface area contributed by atoms with E-state index in [0.29, 0.717) is 13.1 Å². The van der Waals surface area contributed by atoms with Crippen molar-refractivity contribution in [1.82, 2.24) is 15.2 Å². The summed E-state index contributed by atoms with van der Waals surface area (Å²) >= 11 is 1.73. The van der Waals surface area contributed by atoms with E-state index in [2.05, 4.69) is 22.1 Å². The molecule has 1 unspecified atom stereocenters. The van der Waals surface area contributed by atoms with Crippen molar-refractivity contribution in [2.45, 2.75) is 26.2 Å². The van der Waals surface area contributed by atoms with Crippen LogP contribution in [-0.4, -0.2) is 48.5 Å². The molecule has 0 aromatic carbocycles. The van der Waals surface area contributed by atoms with Crippen molar-refractivity contribution >= 4 is 17.2 Å². The Morgan fingerprint density at radius 1 is 1.65 bits per heavy atom. The van der Waals surface area contributed by atoms with Crippen LogP contribution in [0.1, 0.15) is 23.4 Å². The lowest BCUT2D eigenvalue weighted by molar-refractivity contribution is -0.126. The second-order valence-electron chi connectivity index (χ2n) is 5.33. The van der Waals surface area contributed by atoms with Crippen LogP contribution in [0.2, 0.25) is 0 Å². The smallest absolute Gasteiger partial charge is 0.224 e. The third-order valence-electron chi connectivity index (χ3n) is 3.82. The second-order valence-corrected chi connectivity index (χ2v) is 6.27. The molecule has 1 aromatic rings.